The van der Waals surface area contributed by atoms with E-state index in [1.165, 1.54) is 12.0 Å². The standard InChI is InChI=1S/C16H25NO2/c1-3-9-17-12-14-8-10-19-16(14)13-6-5-7-15(11-13)18-4-2/h5-7,11,14,16-17H,3-4,8-10,12H2,1-2H3. The lowest BCUT2D eigenvalue weighted by Gasteiger charge is -2.20. The molecular weight excluding hydrogens is 238 g/mol. The molecule has 1 aromatic carbocycles. The molecular formula is C16H25NO2. The normalized spacial score (nSPS) is 22.6. The molecule has 1 heterocycles. The molecule has 0 spiro atoms. The zero-order valence-corrected chi connectivity index (χ0v) is 12.0. The number of hydrogen-bond donors (Lipinski definition) is 1. The molecule has 1 N–H and O–H groups in total. The van der Waals surface area contributed by atoms with Gasteiger partial charge in [-0.05, 0) is 44.0 Å². The monoisotopic (exact) mass is 263 g/mol. The first kappa shape index (κ1) is 14.4. The Labute approximate surface area is 116 Å². The Morgan fingerprint density at radius 2 is 2.26 bits per heavy atom. The lowest BCUT2D eigenvalue weighted by molar-refractivity contribution is 0.0903. The van der Waals surface area contributed by atoms with Crippen LogP contribution < -0.4 is 10.1 Å². The molecule has 19 heavy (non-hydrogen) atoms. The molecule has 3 heteroatoms. The van der Waals surface area contributed by atoms with E-state index in [2.05, 4.69) is 30.4 Å². The van der Waals surface area contributed by atoms with Crippen LogP contribution in [-0.4, -0.2) is 26.3 Å². The van der Waals surface area contributed by atoms with Crippen LogP contribution in [0.3, 0.4) is 0 Å². The highest BCUT2D eigenvalue weighted by Gasteiger charge is 2.29. The van der Waals surface area contributed by atoms with Crippen LogP contribution in [0.2, 0.25) is 0 Å². The summed E-state index contributed by atoms with van der Waals surface area (Å²) in [6.45, 7) is 7.90. The van der Waals surface area contributed by atoms with Gasteiger partial charge in [-0.25, -0.2) is 0 Å². The van der Waals surface area contributed by atoms with E-state index in [4.69, 9.17) is 9.47 Å². The van der Waals surface area contributed by atoms with Gasteiger partial charge in [0, 0.05) is 19.1 Å². The van der Waals surface area contributed by atoms with Crippen LogP contribution in [0.5, 0.6) is 5.75 Å². The maximum atomic E-state index is 5.92. The summed E-state index contributed by atoms with van der Waals surface area (Å²) in [7, 11) is 0. The first-order valence-corrected chi connectivity index (χ1v) is 7.40. The van der Waals surface area contributed by atoms with E-state index in [0.717, 1.165) is 31.9 Å². The molecule has 0 aliphatic carbocycles. The van der Waals surface area contributed by atoms with E-state index in [1.807, 2.05) is 13.0 Å². The second-order valence-corrected chi connectivity index (χ2v) is 5.05. The van der Waals surface area contributed by atoms with Gasteiger partial charge in [-0.15, -0.1) is 0 Å². The quantitative estimate of drug-likeness (QED) is 0.767. The van der Waals surface area contributed by atoms with E-state index >= 15 is 0 Å². The Hall–Kier alpha value is -1.06. The summed E-state index contributed by atoms with van der Waals surface area (Å²) in [5.74, 6) is 1.51. The smallest absolute Gasteiger partial charge is 0.119 e. The molecule has 1 fully saturated rings. The summed E-state index contributed by atoms with van der Waals surface area (Å²) in [6, 6.07) is 8.32. The predicted molar refractivity (Wildman–Crippen MR) is 77.6 cm³/mol. The van der Waals surface area contributed by atoms with Crippen molar-refractivity contribution in [3.05, 3.63) is 29.8 Å². The predicted octanol–water partition coefficient (Wildman–Crippen LogP) is 3.16. The summed E-state index contributed by atoms with van der Waals surface area (Å²) in [6.07, 6.45) is 2.53. The highest BCUT2D eigenvalue weighted by atomic mass is 16.5. The Balaban J connectivity index is 2.00. The largest absolute Gasteiger partial charge is 0.494 e. The van der Waals surface area contributed by atoms with Gasteiger partial charge in [0.2, 0.25) is 0 Å². The summed E-state index contributed by atoms with van der Waals surface area (Å²) in [4.78, 5) is 0. The van der Waals surface area contributed by atoms with Crippen LogP contribution in [0, 0.1) is 5.92 Å². The highest BCUT2D eigenvalue weighted by molar-refractivity contribution is 5.30. The molecule has 0 amide bonds. The molecule has 0 radical (unpaired) electrons. The molecule has 3 nitrogen and oxygen atoms in total. The van der Waals surface area contributed by atoms with Gasteiger partial charge in [-0.3, -0.25) is 0 Å². The van der Waals surface area contributed by atoms with Crippen LogP contribution in [0.25, 0.3) is 0 Å². The lowest BCUT2D eigenvalue weighted by Crippen LogP contribution is -2.25. The maximum absolute atomic E-state index is 5.92. The zero-order valence-electron chi connectivity index (χ0n) is 12.0. The minimum Gasteiger partial charge on any atom is -0.494 e. The minimum absolute atomic E-state index is 0.213. The van der Waals surface area contributed by atoms with Crippen molar-refractivity contribution in [2.75, 3.05) is 26.3 Å². The molecule has 1 aliphatic rings. The first-order valence-electron chi connectivity index (χ1n) is 7.40. The van der Waals surface area contributed by atoms with Crippen LogP contribution in [-0.2, 0) is 4.74 Å². The first-order chi connectivity index (χ1) is 9.35. The minimum atomic E-state index is 0.213. The fraction of sp³-hybridized carbons (Fsp3) is 0.625. The Kier molecular flexibility index (Phi) is 5.67. The zero-order chi connectivity index (χ0) is 13.5. The van der Waals surface area contributed by atoms with Crippen molar-refractivity contribution in [1.29, 1.82) is 0 Å². The number of benzene rings is 1. The van der Waals surface area contributed by atoms with Crippen LogP contribution >= 0.6 is 0 Å². The van der Waals surface area contributed by atoms with Gasteiger partial charge >= 0.3 is 0 Å². The molecule has 2 unspecified atom stereocenters. The van der Waals surface area contributed by atoms with Gasteiger partial charge in [0.1, 0.15) is 5.75 Å². The third-order valence-electron chi connectivity index (χ3n) is 3.55. The van der Waals surface area contributed by atoms with Crippen molar-refractivity contribution >= 4 is 0 Å². The van der Waals surface area contributed by atoms with E-state index in [0.29, 0.717) is 12.5 Å². The fourth-order valence-electron chi connectivity index (χ4n) is 2.62. The van der Waals surface area contributed by atoms with Gasteiger partial charge in [-0.2, -0.15) is 0 Å². The van der Waals surface area contributed by atoms with Crippen molar-refractivity contribution in [3.8, 4) is 5.75 Å². The molecule has 1 aliphatic heterocycles. The number of rotatable bonds is 7. The van der Waals surface area contributed by atoms with Gasteiger partial charge in [0.05, 0.1) is 12.7 Å². The Morgan fingerprint density at radius 1 is 1.37 bits per heavy atom. The molecule has 1 aromatic rings. The van der Waals surface area contributed by atoms with E-state index < -0.39 is 0 Å². The van der Waals surface area contributed by atoms with Gasteiger partial charge in [-0.1, -0.05) is 19.1 Å². The molecule has 0 saturated carbocycles. The number of nitrogens with one attached hydrogen (secondary N) is 1. The second kappa shape index (κ2) is 7.51. The average Bonchev–Trinajstić information content (AvgIpc) is 2.88. The summed E-state index contributed by atoms with van der Waals surface area (Å²) in [5, 5.41) is 3.51. The van der Waals surface area contributed by atoms with Crippen molar-refractivity contribution in [3.63, 3.8) is 0 Å². The van der Waals surface area contributed by atoms with Crippen molar-refractivity contribution in [1.82, 2.24) is 5.32 Å². The topological polar surface area (TPSA) is 30.5 Å². The van der Waals surface area contributed by atoms with Crippen molar-refractivity contribution in [2.24, 2.45) is 5.92 Å². The van der Waals surface area contributed by atoms with Gasteiger partial charge in [0.15, 0.2) is 0 Å². The van der Waals surface area contributed by atoms with Gasteiger partial charge in [0.25, 0.3) is 0 Å². The molecule has 2 atom stereocenters. The Bertz CT molecular complexity index is 381. The van der Waals surface area contributed by atoms with E-state index in [-0.39, 0.29) is 6.10 Å². The lowest BCUT2D eigenvalue weighted by atomic mass is 9.95. The second-order valence-electron chi connectivity index (χ2n) is 5.05. The fourth-order valence-corrected chi connectivity index (χ4v) is 2.62. The highest BCUT2D eigenvalue weighted by Crippen LogP contribution is 2.35. The average molecular weight is 263 g/mol. The Morgan fingerprint density at radius 3 is 3.05 bits per heavy atom. The summed E-state index contributed by atoms with van der Waals surface area (Å²) >= 11 is 0. The van der Waals surface area contributed by atoms with Gasteiger partial charge < -0.3 is 14.8 Å². The van der Waals surface area contributed by atoms with Crippen LogP contribution in [0.4, 0.5) is 0 Å². The molecule has 106 valence electrons. The molecule has 0 bridgehead atoms. The van der Waals surface area contributed by atoms with E-state index in [9.17, 15) is 0 Å². The van der Waals surface area contributed by atoms with Crippen LogP contribution in [0.1, 0.15) is 38.4 Å². The number of hydrogen-bond acceptors (Lipinski definition) is 3. The van der Waals surface area contributed by atoms with Crippen molar-refractivity contribution in [2.45, 2.75) is 32.8 Å². The maximum Gasteiger partial charge on any atom is 0.119 e. The third kappa shape index (κ3) is 3.95. The van der Waals surface area contributed by atoms with E-state index in [1.54, 1.807) is 0 Å². The van der Waals surface area contributed by atoms with Crippen molar-refractivity contribution < 1.29 is 9.47 Å². The summed E-state index contributed by atoms with van der Waals surface area (Å²) < 4.78 is 11.5. The number of ether oxygens (including phenoxy) is 2. The molecule has 1 saturated heterocycles. The van der Waals surface area contributed by atoms with Crippen LogP contribution in [0.15, 0.2) is 24.3 Å². The molecule has 0 aromatic heterocycles. The SMILES string of the molecule is CCCNCC1CCOC1c1cccc(OCC)c1. The third-order valence-corrected chi connectivity index (χ3v) is 3.55. The summed E-state index contributed by atoms with van der Waals surface area (Å²) in [5.41, 5.74) is 1.24. The molecule has 2 rings (SSSR count).